The van der Waals surface area contributed by atoms with E-state index in [9.17, 15) is 13.6 Å². The quantitative estimate of drug-likeness (QED) is 0.629. The van der Waals surface area contributed by atoms with Crippen molar-refractivity contribution in [1.29, 1.82) is 0 Å². The van der Waals surface area contributed by atoms with Crippen LogP contribution in [-0.4, -0.2) is 43.0 Å². The Labute approximate surface area is 118 Å². The summed E-state index contributed by atoms with van der Waals surface area (Å²) in [5.41, 5.74) is -0.530. The van der Waals surface area contributed by atoms with Crippen molar-refractivity contribution in [2.24, 2.45) is 0 Å². The average Bonchev–Trinajstić information content (AvgIpc) is 2.43. The molecule has 1 heterocycles. The highest BCUT2D eigenvalue weighted by Crippen LogP contribution is 2.24. The number of hydrogen-bond acceptors (Lipinski definition) is 3. The van der Waals surface area contributed by atoms with Gasteiger partial charge in [-0.3, -0.25) is 9.69 Å². The van der Waals surface area contributed by atoms with Gasteiger partial charge in [0.05, 0.1) is 16.6 Å². The summed E-state index contributed by atoms with van der Waals surface area (Å²) in [5.74, 6) is -2.38. The van der Waals surface area contributed by atoms with Gasteiger partial charge in [0.15, 0.2) is 11.6 Å². The summed E-state index contributed by atoms with van der Waals surface area (Å²) in [6, 6.07) is 2.31. The van der Waals surface area contributed by atoms with E-state index in [0.717, 1.165) is 19.2 Å². The Morgan fingerprint density at radius 2 is 2.26 bits per heavy atom. The lowest BCUT2D eigenvalue weighted by atomic mass is 10.0. The largest absolute Gasteiger partial charge is 0.367 e. The van der Waals surface area contributed by atoms with Crippen LogP contribution in [0.25, 0.3) is 0 Å². The number of benzene rings is 1. The first-order chi connectivity index (χ1) is 9.04. The van der Waals surface area contributed by atoms with E-state index in [4.69, 9.17) is 4.74 Å². The fourth-order valence-corrected chi connectivity index (χ4v) is 2.39. The summed E-state index contributed by atoms with van der Waals surface area (Å²) in [5, 5.41) is 0. The minimum atomic E-state index is -0.873. The summed E-state index contributed by atoms with van der Waals surface area (Å²) in [7, 11) is 0. The van der Waals surface area contributed by atoms with Crippen molar-refractivity contribution in [3.63, 3.8) is 0 Å². The molecule has 19 heavy (non-hydrogen) atoms. The Balaban J connectivity index is 2.27. The van der Waals surface area contributed by atoms with Gasteiger partial charge in [0.1, 0.15) is 11.9 Å². The topological polar surface area (TPSA) is 29.5 Å². The first-order valence-corrected chi connectivity index (χ1v) is 6.85. The zero-order valence-electron chi connectivity index (χ0n) is 10.5. The summed E-state index contributed by atoms with van der Waals surface area (Å²) < 4.78 is 32.9. The van der Waals surface area contributed by atoms with Crippen molar-refractivity contribution in [3.8, 4) is 0 Å². The van der Waals surface area contributed by atoms with Crippen molar-refractivity contribution in [3.05, 3.63) is 33.8 Å². The maximum absolute atomic E-state index is 13.9. The third-order valence-corrected chi connectivity index (χ3v) is 3.79. The van der Waals surface area contributed by atoms with Crippen LogP contribution in [0.5, 0.6) is 0 Å². The van der Waals surface area contributed by atoms with Gasteiger partial charge in [-0.2, -0.15) is 0 Å². The number of hydrogen-bond donors (Lipinski definition) is 0. The van der Waals surface area contributed by atoms with Crippen molar-refractivity contribution >= 4 is 21.7 Å². The second kappa shape index (κ2) is 6.07. The van der Waals surface area contributed by atoms with E-state index < -0.39 is 29.1 Å². The van der Waals surface area contributed by atoms with Crippen LogP contribution in [0.3, 0.4) is 0 Å². The maximum Gasteiger partial charge on any atom is 0.198 e. The van der Waals surface area contributed by atoms with Crippen LogP contribution in [0.4, 0.5) is 8.78 Å². The van der Waals surface area contributed by atoms with Crippen LogP contribution in [0, 0.1) is 11.6 Å². The van der Waals surface area contributed by atoms with Crippen LogP contribution in [0.1, 0.15) is 17.3 Å². The van der Waals surface area contributed by atoms with E-state index in [-0.39, 0.29) is 4.47 Å². The normalized spacial score (nSPS) is 20.5. The Hall–Kier alpha value is -0.850. The van der Waals surface area contributed by atoms with E-state index in [2.05, 4.69) is 15.9 Å². The number of morpholine rings is 1. The van der Waals surface area contributed by atoms with Crippen molar-refractivity contribution in [1.82, 2.24) is 4.90 Å². The molecule has 0 aliphatic carbocycles. The Kier molecular flexibility index (Phi) is 4.65. The second-order valence-corrected chi connectivity index (χ2v) is 5.19. The smallest absolute Gasteiger partial charge is 0.198 e. The summed E-state index contributed by atoms with van der Waals surface area (Å²) >= 11 is 2.95. The zero-order valence-corrected chi connectivity index (χ0v) is 12.0. The Morgan fingerprint density at radius 3 is 2.95 bits per heavy atom. The highest BCUT2D eigenvalue weighted by Gasteiger charge is 2.31. The molecule has 0 bridgehead atoms. The van der Waals surface area contributed by atoms with Gasteiger partial charge in [0.25, 0.3) is 0 Å². The molecule has 1 atom stereocenters. The van der Waals surface area contributed by atoms with E-state index in [1.54, 1.807) is 0 Å². The van der Waals surface area contributed by atoms with Gasteiger partial charge < -0.3 is 4.74 Å². The molecule has 0 radical (unpaired) electrons. The van der Waals surface area contributed by atoms with Gasteiger partial charge in [0, 0.05) is 13.1 Å². The zero-order chi connectivity index (χ0) is 14.0. The number of Topliss-reactive ketones (excluding diaryl/α,β-unsaturated/α-hetero) is 1. The molecule has 1 aromatic carbocycles. The highest BCUT2D eigenvalue weighted by molar-refractivity contribution is 9.10. The van der Waals surface area contributed by atoms with Crippen molar-refractivity contribution in [2.75, 3.05) is 26.2 Å². The van der Waals surface area contributed by atoms with Crippen LogP contribution in [0.15, 0.2) is 16.6 Å². The molecule has 1 saturated heterocycles. The number of likely N-dealkylation sites (N-methyl/N-ethyl adjacent to an activating group) is 1. The first kappa shape index (κ1) is 14.6. The van der Waals surface area contributed by atoms with E-state index in [1.807, 2.05) is 11.8 Å². The van der Waals surface area contributed by atoms with Gasteiger partial charge in [-0.1, -0.05) is 6.92 Å². The number of ether oxygens (including phenoxy) is 1. The molecule has 3 nitrogen and oxygen atoms in total. The standard InChI is InChI=1S/C13H14BrF2NO2/c1-2-17-5-6-19-10(7-17)13(18)11-9(15)4-3-8(14)12(11)16/h3-4,10H,2,5-7H2,1H3. The second-order valence-electron chi connectivity index (χ2n) is 4.34. The van der Waals surface area contributed by atoms with E-state index in [1.165, 1.54) is 6.07 Å². The predicted molar refractivity (Wildman–Crippen MR) is 70.2 cm³/mol. The fraction of sp³-hybridized carbons (Fsp3) is 0.462. The molecule has 0 N–H and O–H groups in total. The number of ketones is 1. The monoisotopic (exact) mass is 333 g/mol. The minimum absolute atomic E-state index is 0.0698. The fourth-order valence-electron chi connectivity index (χ4n) is 2.06. The van der Waals surface area contributed by atoms with Gasteiger partial charge in [-0.05, 0) is 34.6 Å². The molecular formula is C13H14BrF2NO2. The highest BCUT2D eigenvalue weighted by atomic mass is 79.9. The Morgan fingerprint density at radius 1 is 1.53 bits per heavy atom. The lowest BCUT2D eigenvalue weighted by molar-refractivity contribution is -0.0152. The number of rotatable bonds is 3. The number of carbonyl (C=O) groups excluding carboxylic acids is 1. The molecule has 1 unspecified atom stereocenters. The maximum atomic E-state index is 13.9. The molecule has 1 aromatic rings. The van der Waals surface area contributed by atoms with Crippen LogP contribution in [0.2, 0.25) is 0 Å². The lowest BCUT2D eigenvalue weighted by Crippen LogP contribution is -2.46. The average molecular weight is 334 g/mol. The summed E-state index contributed by atoms with van der Waals surface area (Å²) in [6.07, 6.45) is -0.813. The number of halogens is 3. The van der Waals surface area contributed by atoms with Crippen LogP contribution < -0.4 is 0 Å². The molecule has 6 heteroatoms. The summed E-state index contributed by atoms with van der Waals surface area (Å²) in [6.45, 7) is 4.22. The third-order valence-electron chi connectivity index (χ3n) is 3.18. The first-order valence-electron chi connectivity index (χ1n) is 6.06. The molecule has 0 aromatic heterocycles. The molecule has 0 amide bonds. The number of carbonyl (C=O) groups is 1. The number of nitrogens with zero attached hydrogens (tertiary/aromatic N) is 1. The Bertz CT molecular complexity index is 496. The molecule has 1 aliphatic heterocycles. The van der Waals surface area contributed by atoms with Gasteiger partial charge >= 0.3 is 0 Å². The van der Waals surface area contributed by atoms with Crippen LogP contribution in [-0.2, 0) is 4.74 Å². The molecule has 0 saturated carbocycles. The third kappa shape index (κ3) is 3.01. The van der Waals surface area contributed by atoms with Gasteiger partial charge in [-0.25, -0.2) is 8.78 Å². The summed E-state index contributed by atoms with van der Waals surface area (Å²) in [4.78, 5) is 14.2. The van der Waals surface area contributed by atoms with Crippen molar-refractivity contribution in [2.45, 2.75) is 13.0 Å². The van der Waals surface area contributed by atoms with Crippen molar-refractivity contribution < 1.29 is 18.3 Å². The molecule has 1 aliphatic rings. The molecule has 2 rings (SSSR count). The SMILES string of the molecule is CCN1CCOC(C(=O)c2c(F)ccc(Br)c2F)C1. The van der Waals surface area contributed by atoms with E-state index in [0.29, 0.717) is 13.2 Å². The van der Waals surface area contributed by atoms with Gasteiger partial charge in [-0.15, -0.1) is 0 Å². The predicted octanol–water partition coefficient (Wildman–Crippen LogP) is 2.63. The van der Waals surface area contributed by atoms with Gasteiger partial charge in [0.2, 0.25) is 0 Å². The lowest BCUT2D eigenvalue weighted by Gasteiger charge is -2.31. The molecular weight excluding hydrogens is 320 g/mol. The van der Waals surface area contributed by atoms with E-state index >= 15 is 0 Å². The molecule has 1 fully saturated rings. The molecule has 104 valence electrons. The minimum Gasteiger partial charge on any atom is -0.367 e. The van der Waals surface area contributed by atoms with Crippen LogP contribution >= 0.6 is 15.9 Å². The molecule has 0 spiro atoms.